The van der Waals surface area contributed by atoms with Crippen molar-refractivity contribution >= 4 is 16.8 Å². The van der Waals surface area contributed by atoms with E-state index < -0.39 is 0 Å². The number of piperidine rings is 1. The summed E-state index contributed by atoms with van der Waals surface area (Å²) in [7, 11) is 2.13. The Labute approximate surface area is 231 Å². The Bertz CT molecular complexity index is 1370. The molecule has 2 unspecified atom stereocenters. The highest BCUT2D eigenvalue weighted by Crippen LogP contribution is 2.29. The standard InChI is InChI=1S/C33H38N4O2/c1-3-37(32-19-7-9-23-36(32)2)33(38)35-30(29-17-11-14-26-13-4-5-16-28(26)29)21-20-25-12-10-15-27(24-25)39-31-18-6-8-22-34-31/h4-6,8,10-18,22,24,30,32H,3,7,9,19-21,23H2,1-2H3,(H,35,38). The molecule has 0 radical (unpaired) electrons. The number of ether oxygens (including phenoxy) is 1. The van der Waals surface area contributed by atoms with E-state index in [-0.39, 0.29) is 18.2 Å². The molecule has 1 aliphatic heterocycles. The minimum atomic E-state index is -0.132. The average molecular weight is 523 g/mol. The SMILES string of the molecule is CCN(C(=O)NC(CCc1cccc(Oc2ccccn2)c1)c1cccc2ccccc12)C1CCCCN1C. The zero-order valence-electron chi connectivity index (χ0n) is 22.9. The van der Waals surface area contributed by atoms with Gasteiger partial charge in [-0.25, -0.2) is 9.78 Å². The molecule has 0 aliphatic carbocycles. The van der Waals surface area contributed by atoms with Crippen LogP contribution in [0.3, 0.4) is 0 Å². The molecule has 1 aromatic heterocycles. The third kappa shape index (κ3) is 6.58. The fraction of sp³-hybridized carbons (Fsp3) is 0.333. The van der Waals surface area contributed by atoms with Crippen molar-refractivity contribution in [2.24, 2.45) is 0 Å². The van der Waals surface area contributed by atoms with Crippen molar-refractivity contribution in [2.75, 3.05) is 20.1 Å². The van der Waals surface area contributed by atoms with E-state index >= 15 is 0 Å². The van der Waals surface area contributed by atoms with E-state index in [0.717, 1.165) is 49.1 Å². The molecule has 1 aliphatic rings. The van der Waals surface area contributed by atoms with Crippen LogP contribution in [-0.2, 0) is 6.42 Å². The Morgan fingerprint density at radius 3 is 2.69 bits per heavy atom. The van der Waals surface area contributed by atoms with Gasteiger partial charge in [0.1, 0.15) is 5.75 Å². The van der Waals surface area contributed by atoms with Crippen LogP contribution in [-0.4, -0.2) is 47.1 Å². The van der Waals surface area contributed by atoms with Crippen molar-refractivity contribution in [2.45, 2.75) is 51.2 Å². The molecule has 39 heavy (non-hydrogen) atoms. The molecule has 2 amide bonds. The third-order valence-electron chi connectivity index (χ3n) is 7.67. The first-order valence-electron chi connectivity index (χ1n) is 14.0. The zero-order valence-corrected chi connectivity index (χ0v) is 22.9. The minimum absolute atomic E-state index is 0.00132. The van der Waals surface area contributed by atoms with Crippen LogP contribution in [0, 0.1) is 0 Å². The maximum absolute atomic E-state index is 13.8. The number of urea groups is 1. The summed E-state index contributed by atoms with van der Waals surface area (Å²) in [4.78, 5) is 22.3. The molecule has 1 fully saturated rings. The van der Waals surface area contributed by atoms with Crippen molar-refractivity contribution in [3.63, 3.8) is 0 Å². The smallest absolute Gasteiger partial charge is 0.319 e. The van der Waals surface area contributed by atoms with Crippen molar-refractivity contribution in [1.82, 2.24) is 20.1 Å². The zero-order chi connectivity index (χ0) is 27.0. The van der Waals surface area contributed by atoms with Gasteiger partial charge in [-0.1, -0.05) is 60.7 Å². The molecule has 6 nitrogen and oxygen atoms in total. The van der Waals surface area contributed by atoms with Gasteiger partial charge in [-0.05, 0) is 92.7 Å². The lowest BCUT2D eigenvalue weighted by molar-refractivity contribution is 0.0571. The second-order valence-corrected chi connectivity index (χ2v) is 10.3. The highest BCUT2D eigenvalue weighted by Gasteiger charge is 2.29. The predicted molar refractivity (Wildman–Crippen MR) is 157 cm³/mol. The number of amides is 2. The van der Waals surface area contributed by atoms with Gasteiger partial charge in [0.25, 0.3) is 0 Å². The van der Waals surface area contributed by atoms with Gasteiger partial charge in [-0.2, -0.15) is 0 Å². The van der Waals surface area contributed by atoms with Crippen LogP contribution in [0.15, 0.2) is 91.1 Å². The molecule has 0 saturated carbocycles. The van der Waals surface area contributed by atoms with E-state index in [1.54, 1.807) is 6.20 Å². The van der Waals surface area contributed by atoms with Gasteiger partial charge in [0.05, 0.1) is 12.2 Å². The molecule has 3 aromatic carbocycles. The Morgan fingerprint density at radius 2 is 1.87 bits per heavy atom. The van der Waals surface area contributed by atoms with E-state index in [4.69, 9.17) is 4.74 Å². The lowest BCUT2D eigenvalue weighted by Crippen LogP contribution is -2.54. The molecule has 5 rings (SSSR count). The number of likely N-dealkylation sites (tertiary alicyclic amines) is 1. The first-order chi connectivity index (χ1) is 19.1. The molecule has 0 spiro atoms. The Hall–Kier alpha value is -3.90. The fourth-order valence-corrected chi connectivity index (χ4v) is 5.64. The number of benzene rings is 3. The maximum Gasteiger partial charge on any atom is 0.319 e. The number of hydrogen-bond donors (Lipinski definition) is 1. The molecule has 1 N–H and O–H groups in total. The van der Waals surface area contributed by atoms with Crippen LogP contribution < -0.4 is 10.1 Å². The van der Waals surface area contributed by atoms with Gasteiger partial charge in [-0.15, -0.1) is 0 Å². The fourth-order valence-electron chi connectivity index (χ4n) is 5.64. The average Bonchev–Trinajstić information content (AvgIpc) is 2.97. The third-order valence-corrected chi connectivity index (χ3v) is 7.67. The summed E-state index contributed by atoms with van der Waals surface area (Å²) in [5, 5.41) is 5.79. The lowest BCUT2D eigenvalue weighted by atomic mass is 9.94. The highest BCUT2D eigenvalue weighted by molar-refractivity contribution is 5.86. The molecule has 202 valence electrons. The van der Waals surface area contributed by atoms with Crippen LogP contribution in [0.5, 0.6) is 11.6 Å². The summed E-state index contributed by atoms with van der Waals surface area (Å²) in [6.45, 7) is 3.77. The summed E-state index contributed by atoms with van der Waals surface area (Å²) in [6.07, 6.45) is 6.78. The topological polar surface area (TPSA) is 57.7 Å². The van der Waals surface area contributed by atoms with Gasteiger partial charge >= 0.3 is 6.03 Å². The second-order valence-electron chi connectivity index (χ2n) is 10.3. The highest BCUT2D eigenvalue weighted by atomic mass is 16.5. The summed E-state index contributed by atoms with van der Waals surface area (Å²) >= 11 is 0. The number of nitrogens with zero attached hydrogens (tertiary/aromatic N) is 3. The molecular formula is C33H38N4O2. The molecule has 4 aromatic rings. The van der Waals surface area contributed by atoms with Crippen LogP contribution in [0.4, 0.5) is 4.79 Å². The molecule has 2 heterocycles. The molecule has 1 saturated heterocycles. The van der Waals surface area contributed by atoms with Gasteiger partial charge in [-0.3, -0.25) is 4.90 Å². The van der Waals surface area contributed by atoms with Gasteiger partial charge in [0.15, 0.2) is 0 Å². The van der Waals surface area contributed by atoms with Crippen LogP contribution in [0.25, 0.3) is 10.8 Å². The van der Waals surface area contributed by atoms with Gasteiger partial charge in [0, 0.05) is 18.8 Å². The van der Waals surface area contributed by atoms with E-state index in [9.17, 15) is 4.79 Å². The van der Waals surface area contributed by atoms with E-state index in [2.05, 4.69) is 83.8 Å². The number of pyridine rings is 1. The molecule has 0 bridgehead atoms. The number of hydrogen-bond acceptors (Lipinski definition) is 4. The second kappa shape index (κ2) is 12.8. The van der Waals surface area contributed by atoms with E-state index in [1.165, 1.54) is 17.2 Å². The first kappa shape index (κ1) is 26.7. The number of carbonyl (C=O) groups excluding carboxylic acids is 1. The van der Waals surface area contributed by atoms with Crippen molar-refractivity contribution in [1.29, 1.82) is 0 Å². The quantitative estimate of drug-likeness (QED) is 0.253. The first-order valence-corrected chi connectivity index (χ1v) is 14.0. The number of aryl methyl sites for hydroxylation is 1. The van der Waals surface area contributed by atoms with Crippen molar-refractivity contribution in [3.05, 3.63) is 102 Å². The lowest BCUT2D eigenvalue weighted by Gasteiger charge is -2.40. The van der Waals surface area contributed by atoms with Crippen molar-refractivity contribution < 1.29 is 9.53 Å². The Morgan fingerprint density at radius 1 is 1.05 bits per heavy atom. The number of fused-ring (bicyclic) bond motifs is 1. The predicted octanol–water partition coefficient (Wildman–Crippen LogP) is 7.17. The van der Waals surface area contributed by atoms with E-state index in [0.29, 0.717) is 12.4 Å². The monoisotopic (exact) mass is 522 g/mol. The van der Waals surface area contributed by atoms with Crippen molar-refractivity contribution in [3.8, 4) is 11.6 Å². The number of aromatic nitrogens is 1. The number of nitrogens with one attached hydrogen (secondary N) is 1. The normalized spacial score (nSPS) is 16.5. The van der Waals surface area contributed by atoms with Crippen LogP contribution in [0.2, 0.25) is 0 Å². The van der Waals surface area contributed by atoms with Crippen LogP contribution in [0.1, 0.15) is 49.8 Å². The van der Waals surface area contributed by atoms with Crippen LogP contribution >= 0.6 is 0 Å². The van der Waals surface area contributed by atoms with E-state index in [1.807, 2.05) is 35.2 Å². The number of carbonyl (C=O) groups is 1. The summed E-state index contributed by atoms with van der Waals surface area (Å²) in [6, 6.07) is 28.4. The minimum Gasteiger partial charge on any atom is -0.439 e. The summed E-state index contributed by atoms with van der Waals surface area (Å²) in [5.74, 6) is 1.33. The van der Waals surface area contributed by atoms with Gasteiger partial charge < -0.3 is 15.0 Å². The Balaban J connectivity index is 1.38. The largest absolute Gasteiger partial charge is 0.439 e. The maximum atomic E-state index is 13.8. The summed E-state index contributed by atoms with van der Waals surface area (Å²) in [5.41, 5.74) is 2.30. The molecule has 6 heteroatoms. The molecule has 2 atom stereocenters. The summed E-state index contributed by atoms with van der Waals surface area (Å²) < 4.78 is 5.96. The molecular weight excluding hydrogens is 484 g/mol. The number of rotatable bonds is 9. The Kier molecular flexibility index (Phi) is 8.74. The van der Waals surface area contributed by atoms with Gasteiger partial charge in [0.2, 0.25) is 5.88 Å².